The number of sulfonamides is 1. The van der Waals surface area contributed by atoms with E-state index in [-0.39, 0.29) is 39.8 Å². The zero-order valence-corrected chi connectivity index (χ0v) is 18.2. The third-order valence-corrected chi connectivity index (χ3v) is 7.36. The molecule has 2 aromatic rings. The Hall–Kier alpha value is -2.07. The molecule has 2 aromatic carbocycles. The van der Waals surface area contributed by atoms with Gasteiger partial charge in [0.25, 0.3) is 5.91 Å². The highest BCUT2D eigenvalue weighted by molar-refractivity contribution is 7.89. The van der Waals surface area contributed by atoms with E-state index in [0.29, 0.717) is 12.8 Å². The summed E-state index contributed by atoms with van der Waals surface area (Å²) in [5.41, 5.74) is 0.143. The van der Waals surface area contributed by atoms with Crippen LogP contribution >= 0.6 is 11.6 Å². The summed E-state index contributed by atoms with van der Waals surface area (Å²) in [7, 11) is -4.14. The molecule has 3 rings (SSSR count). The molecule has 1 fully saturated rings. The van der Waals surface area contributed by atoms with Crippen molar-refractivity contribution in [1.82, 2.24) is 4.31 Å². The lowest BCUT2D eigenvalue weighted by molar-refractivity contribution is 0.102. The highest BCUT2D eigenvalue weighted by Gasteiger charge is 2.30. The van der Waals surface area contributed by atoms with Gasteiger partial charge < -0.3 is 10.4 Å². The van der Waals surface area contributed by atoms with Crippen LogP contribution in [0, 0.1) is 5.82 Å². The number of aliphatic hydroxyl groups is 1. The maximum Gasteiger partial charge on any atom is 0.255 e. The molecule has 1 unspecified atom stereocenters. The van der Waals surface area contributed by atoms with Crippen LogP contribution in [0.15, 0.2) is 41.3 Å². The Morgan fingerprint density at radius 2 is 1.97 bits per heavy atom. The first kappa shape index (κ1) is 23.6. The van der Waals surface area contributed by atoms with Crippen molar-refractivity contribution >= 4 is 33.2 Å². The summed E-state index contributed by atoms with van der Waals surface area (Å²) >= 11 is 5.72. The number of benzene rings is 2. The lowest BCUT2D eigenvalue weighted by Gasteiger charge is -2.27. The molecule has 0 radical (unpaired) electrons. The number of nitrogens with zero attached hydrogens (tertiary/aromatic N) is 1. The van der Waals surface area contributed by atoms with Crippen molar-refractivity contribution in [3.63, 3.8) is 0 Å². The van der Waals surface area contributed by atoms with Crippen molar-refractivity contribution in [2.24, 2.45) is 0 Å². The van der Waals surface area contributed by atoms with Crippen LogP contribution < -0.4 is 5.32 Å². The number of β-amino-alcohol motifs (C(OH)–C–C–N with tert-alkyl or cyclic N) is 1. The lowest BCUT2D eigenvalue weighted by Crippen LogP contribution is -2.39. The van der Waals surface area contributed by atoms with Crippen LogP contribution in [0.25, 0.3) is 0 Å². The van der Waals surface area contributed by atoms with Crippen LogP contribution in [0.1, 0.15) is 41.6 Å². The molecular weight excluding hydrogens is 450 g/mol. The van der Waals surface area contributed by atoms with Gasteiger partial charge in [-0.3, -0.25) is 4.79 Å². The summed E-state index contributed by atoms with van der Waals surface area (Å²) in [5.74, 6) is -1.30. The maximum atomic E-state index is 13.6. The first-order chi connectivity index (χ1) is 14.7. The molecule has 31 heavy (non-hydrogen) atoms. The van der Waals surface area contributed by atoms with Crippen LogP contribution in [0.2, 0.25) is 5.02 Å². The number of hydrogen-bond acceptors (Lipinski definition) is 4. The van der Waals surface area contributed by atoms with Crippen molar-refractivity contribution < 1.29 is 27.1 Å². The highest BCUT2D eigenvalue weighted by Crippen LogP contribution is 2.26. The maximum absolute atomic E-state index is 13.6. The molecule has 1 aliphatic heterocycles. The average molecular weight is 473 g/mol. The fourth-order valence-electron chi connectivity index (χ4n) is 3.44. The molecule has 0 spiro atoms. The van der Waals surface area contributed by atoms with Gasteiger partial charge in [-0.15, -0.1) is 0 Å². The molecular formula is C21H23ClF2N2O4S. The molecule has 0 bridgehead atoms. The number of anilines is 1. The molecule has 1 aliphatic rings. The van der Waals surface area contributed by atoms with E-state index in [2.05, 4.69) is 5.32 Å². The van der Waals surface area contributed by atoms with Gasteiger partial charge in [-0.25, -0.2) is 17.2 Å². The summed E-state index contributed by atoms with van der Waals surface area (Å²) in [6, 6.07) is 7.32. The van der Waals surface area contributed by atoms with Crippen LogP contribution in [-0.2, 0) is 16.7 Å². The molecule has 2 N–H and O–H groups in total. The van der Waals surface area contributed by atoms with E-state index in [4.69, 9.17) is 11.6 Å². The summed E-state index contributed by atoms with van der Waals surface area (Å²) in [5, 5.41) is 12.4. The van der Waals surface area contributed by atoms with E-state index in [0.717, 1.165) is 29.3 Å². The van der Waals surface area contributed by atoms with Crippen LogP contribution in [0.5, 0.6) is 0 Å². The second kappa shape index (κ2) is 10.0. The fraction of sp³-hybridized carbons (Fsp3) is 0.381. The van der Waals surface area contributed by atoms with Crippen molar-refractivity contribution in [3.05, 3.63) is 58.4 Å². The zero-order chi connectivity index (χ0) is 22.6. The quantitative estimate of drug-likeness (QED) is 0.685. The first-order valence-electron chi connectivity index (χ1n) is 9.86. The number of hydrogen-bond donors (Lipinski definition) is 2. The Bertz CT molecular complexity index is 1070. The number of amides is 1. The predicted molar refractivity (Wildman–Crippen MR) is 114 cm³/mol. The fourth-order valence-corrected chi connectivity index (χ4v) is 5.37. The third-order valence-electron chi connectivity index (χ3n) is 5.13. The average Bonchev–Trinajstić information content (AvgIpc) is 2.72. The number of halogens is 3. The number of aliphatic hydroxyl groups excluding tert-OH is 1. The van der Waals surface area contributed by atoms with E-state index < -0.39 is 34.5 Å². The second-order valence-electron chi connectivity index (χ2n) is 7.41. The van der Waals surface area contributed by atoms with Gasteiger partial charge in [0.05, 0.1) is 16.0 Å². The van der Waals surface area contributed by atoms with Crippen molar-refractivity contribution in [1.29, 1.82) is 0 Å². The minimum Gasteiger partial charge on any atom is -0.392 e. The van der Waals surface area contributed by atoms with E-state index in [1.165, 1.54) is 24.3 Å². The molecule has 0 saturated carbocycles. The van der Waals surface area contributed by atoms with Gasteiger partial charge >= 0.3 is 0 Å². The number of alkyl halides is 1. The lowest BCUT2D eigenvalue weighted by atomic mass is 10.1. The topological polar surface area (TPSA) is 86.7 Å². The van der Waals surface area contributed by atoms with Gasteiger partial charge in [0.2, 0.25) is 10.0 Å². The normalized spacial score (nSPS) is 18.3. The van der Waals surface area contributed by atoms with Crippen molar-refractivity contribution in [3.8, 4) is 0 Å². The second-order valence-corrected chi connectivity index (χ2v) is 9.72. The van der Waals surface area contributed by atoms with Gasteiger partial charge in [-0.05, 0) is 43.2 Å². The first-order valence-corrected chi connectivity index (χ1v) is 11.7. The van der Waals surface area contributed by atoms with Crippen LogP contribution in [-0.4, -0.2) is 42.9 Å². The monoisotopic (exact) mass is 472 g/mol. The van der Waals surface area contributed by atoms with Gasteiger partial charge in [0.1, 0.15) is 12.5 Å². The van der Waals surface area contributed by atoms with Gasteiger partial charge in [0.15, 0.2) is 0 Å². The summed E-state index contributed by atoms with van der Waals surface area (Å²) in [6.07, 6.45) is 1.90. The SMILES string of the molecule is O=C(Nc1ccc(F)c(Cl)c1)c1ccc(CF)c(S(=O)(=O)N2CCCCCC(O)C2)c1. The molecule has 0 aromatic heterocycles. The Labute approximate surface area is 184 Å². The predicted octanol–water partition coefficient (Wildman–Crippen LogP) is 4.13. The molecule has 10 heteroatoms. The van der Waals surface area contributed by atoms with Gasteiger partial charge in [-0.2, -0.15) is 4.31 Å². The van der Waals surface area contributed by atoms with Crippen LogP contribution in [0.4, 0.5) is 14.5 Å². The molecule has 1 saturated heterocycles. The Kier molecular flexibility index (Phi) is 7.64. The summed E-state index contributed by atoms with van der Waals surface area (Å²) < 4.78 is 54.5. The molecule has 1 atom stereocenters. The standard InChI is InChI=1S/C21H23ClF2N2O4S/c22-18-11-16(7-8-19(18)24)25-21(28)14-5-6-15(12-23)20(10-14)31(29,30)26-9-3-1-2-4-17(27)13-26/h5-8,10-11,17,27H,1-4,9,12-13H2,(H,25,28). The number of rotatable bonds is 5. The van der Waals surface area contributed by atoms with E-state index in [1.807, 2.05) is 0 Å². The summed E-state index contributed by atoms with van der Waals surface area (Å²) in [4.78, 5) is 12.3. The third kappa shape index (κ3) is 5.60. The molecule has 1 amide bonds. The van der Waals surface area contributed by atoms with Crippen LogP contribution in [0.3, 0.4) is 0 Å². The molecule has 6 nitrogen and oxygen atoms in total. The molecule has 168 valence electrons. The Morgan fingerprint density at radius 3 is 2.68 bits per heavy atom. The smallest absolute Gasteiger partial charge is 0.255 e. The van der Waals surface area contributed by atoms with E-state index in [9.17, 15) is 27.1 Å². The van der Waals surface area contributed by atoms with Gasteiger partial charge in [0, 0.05) is 29.9 Å². The molecule has 1 heterocycles. The largest absolute Gasteiger partial charge is 0.392 e. The number of nitrogens with one attached hydrogen (secondary N) is 1. The minimum atomic E-state index is -4.14. The minimum absolute atomic E-state index is 0.0104. The van der Waals surface area contributed by atoms with Crippen molar-refractivity contribution in [2.45, 2.75) is 43.4 Å². The number of carbonyl (C=O) groups excluding carboxylic acids is 1. The van der Waals surface area contributed by atoms with Gasteiger partial charge in [-0.1, -0.05) is 30.5 Å². The molecule has 0 aliphatic carbocycles. The Morgan fingerprint density at radius 1 is 1.19 bits per heavy atom. The summed E-state index contributed by atoms with van der Waals surface area (Å²) in [6.45, 7) is -0.908. The van der Waals surface area contributed by atoms with Crippen molar-refractivity contribution in [2.75, 3.05) is 18.4 Å². The number of carbonyl (C=O) groups is 1. The van der Waals surface area contributed by atoms with E-state index >= 15 is 0 Å². The highest BCUT2D eigenvalue weighted by atomic mass is 35.5. The Balaban J connectivity index is 1.91. The van der Waals surface area contributed by atoms with E-state index in [1.54, 1.807) is 0 Å². The zero-order valence-electron chi connectivity index (χ0n) is 16.7.